The van der Waals surface area contributed by atoms with E-state index in [0.717, 1.165) is 16.0 Å². The lowest BCUT2D eigenvalue weighted by Crippen LogP contribution is -2.24. The van der Waals surface area contributed by atoms with Crippen LogP contribution in [-0.4, -0.2) is 5.97 Å². The first-order chi connectivity index (χ1) is 9.58. The number of hydrogen-bond donors (Lipinski definition) is 0. The summed E-state index contributed by atoms with van der Waals surface area (Å²) in [4.78, 5) is 11.6. The van der Waals surface area contributed by atoms with E-state index >= 15 is 0 Å². The van der Waals surface area contributed by atoms with Crippen molar-refractivity contribution in [3.8, 4) is 0 Å². The van der Waals surface area contributed by atoms with E-state index in [9.17, 15) is 9.90 Å². The lowest BCUT2D eigenvalue weighted by atomic mass is 10.1. The standard InChI is InChI=1S/C15H12Cl2O2S/c16-12-5-3-6-13(17)11(12)9-20-14-7-2-1-4-10(14)8-15(18)19/h1-7H,8-9H2,(H,18,19)/p-1. The Bertz CT molecular complexity index is 609. The number of carboxylic acids is 1. The number of carbonyl (C=O) groups excluding carboxylic acids is 1. The second-order valence-corrected chi connectivity index (χ2v) is 5.98. The summed E-state index contributed by atoms with van der Waals surface area (Å²) < 4.78 is 0. The number of carbonyl (C=O) groups is 1. The summed E-state index contributed by atoms with van der Waals surface area (Å²) in [5.41, 5.74) is 1.59. The van der Waals surface area contributed by atoms with Gasteiger partial charge in [-0.05, 0) is 29.3 Å². The van der Waals surface area contributed by atoms with Crippen molar-refractivity contribution >= 4 is 40.9 Å². The summed E-state index contributed by atoms with van der Waals surface area (Å²) in [6.45, 7) is 0. The summed E-state index contributed by atoms with van der Waals surface area (Å²) in [5.74, 6) is -0.503. The molecule has 0 N–H and O–H groups in total. The predicted octanol–water partition coefficient (Wildman–Crippen LogP) is 3.58. The van der Waals surface area contributed by atoms with Gasteiger partial charge in [0.15, 0.2) is 0 Å². The molecule has 0 saturated carbocycles. The molecule has 0 heterocycles. The third kappa shape index (κ3) is 3.92. The van der Waals surface area contributed by atoms with Crippen molar-refractivity contribution in [3.63, 3.8) is 0 Å². The molecule has 2 aromatic carbocycles. The Morgan fingerprint density at radius 2 is 1.70 bits per heavy atom. The van der Waals surface area contributed by atoms with E-state index in [1.807, 2.05) is 18.2 Å². The highest BCUT2D eigenvalue weighted by Crippen LogP contribution is 2.32. The number of thioether (sulfide) groups is 1. The highest BCUT2D eigenvalue weighted by molar-refractivity contribution is 7.98. The van der Waals surface area contributed by atoms with Gasteiger partial charge in [0.2, 0.25) is 0 Å². The van der Waals surface area contributed by atoms with Crippen LogP contribution in [0, 0.1) is 0 Å². The maximum atomic E-state index is 10.7. The largest absolute Gasteiger partial charge is 0.550 e. The molecule has 0 atom stereocenters. The Balaban J connectivity index is 2.17. The minimum absolute atomic E-state index is 0.0978. The number of hydrogen-bond acceptors (Lipinski definition) is 3. The van der Waals surface area contributed by atoms with Gasteiger partial charge in [0.1, 0.15) is 0 Å². The number of carboxylic acid groups (broad SMARTS) is 1. The van der Waals surface area contributed by atoms with Gasteiger partial charge in [-0.1, -0.05) is 47.5 Å². The van der Waals surface area contributed by atoms with Gasteiger partial charge in [0.25, 0.3) is 0 Å². The molecule has 5 heteroatoms. The zero-order chi connectivity index (χ0) is 14.5. The molecule has 0 unspecified atom stereocenters. The van der Waals surface area contributed by atoms with Crippen molar-refractivity contribution in [3.05, 3.63) is 63.6 Å². The van der Waals surface area contributed by atoms with Gasteiger partial charge >= 0.3 is 0 Å². The van der Waals surface area contributed by atoms with Crippen LogP contribution in [0.2, 0.25) is 10.0 Å². The van der Waals surface area contributed by atoms with Gasteiger partial charge in [0.05, 0.1) is 0 Å². The normalized spacial score (nSPS) is 10.5. The molecular formula is C15H11Cl2O2S-. The lowest BCUT2D eigenvalue weighted by molar-refractivity contribution is -0.304. The quantitative estimate of drug-likeness (QED) is 0.789. The van der Waals surface area contributed by atoms with Crippen LogP contribution in [-0.2, 0) is 17.0 Å². The number of halogens is 2. The zero-order valence-electron chi connectivity index (χ0n) is 10.4. The molecule has 2 nitrogen and oxygen atoms in total. The van der Waals surface area contributed by atoms with Gasteiger partial charge in [-0.3, -0.25) is 0 Å². The Hall–Kier alpha value is -1.16. The topological polar surface area (TPSA) is 40.1 Å². The molecule has 0 bridgehead atoms. The predicted molar refractivity (Wildman–Crippen MR) is 81.2 cm³/mol. The number of rotatable bonds is 5. The molecule has 0 amide bonds. The van der Waals surface area contributed by atoms with Crippen LogP contribution in [0.1, 0.15) is 11.1 Å². The van der Waals surface area contributed by atoms with Crippen molar-refractivity contribution < 1.29 is 9.90 Å². The fourth-order valence-electron chi connectivity index (χ4n) is 1.77. The maximum absolute atomic E-state index is 10.7. The molecule has 0 aliphatic carbocycles. The van der Waals surface area contributed by atoms with Gasteiger partial charge in [0, 0.05) is 33.1 Å². The molecule has 0 spiro atoms. The fourth-order valence-corrected chi connectivity index (χ4v) is 3.57. The molecular weight excluding hydrogens is 315 g/mol. The van der Waals surface area contributed by atoms with E-state index < -0.39 is 5.97 Å². The zero-order valence-corrected chi connectivity index (χ0v) is 12.8. The highest BCUT2D eigenvalue weighted by Gasteiger charge is 2.08. The molecule has 0 radical (unpaired) electrons. The number of aliphatic carboxylic acids is 1. The average Bonchev–Trinajstić information content (AvgIpc) is 2.39. The van der Waals surface area contributed by atoms with Crippen molar-refractivity contribution in [2.75, 3.05) is 0 Å². The van der Waals surface area contributed by atoms with Crippen molar-refractivity contribution in [2.45, 2.75) is 17.1 Å². The van der Waals surface area contributed by atoms with Crippen LogP contribution < -0.4 is 5.11 Å². The van der Waals surface area contributed by atoms with E-state index in [4.69, 9.17) is 23.2 Å². The Labute approximate surface area is 131 Å². The Morgan fingerprint density at radius 3 is 2.35 bits per heavy atom. The van der Waals surface area contributed by atoms with E-state index in [1.54, 1.807) is 24.3 Å². The Morgan fingerprint density at radius 1 is 1.05 bits per heavy atom. The second-order valence-electron chi connectivity index (χ2n) is 4.15. The molecule has 0 fully saturated rings. The van der Waals surface area contributed by atoms with E-state index in [-0.39, 0.29) is 6.42 Å². The summed E-state index contributed by atoms with van der Waals surface area (Å²) in [6, 6.07) is 12.7. The van der Waals surface area contributed by atoms with Crippen molar-refractivity contribution in [1.82, 2.24) is 0 Å². The van der Waals surface area contributed by atoms with E-state index in [1.165, 1.54) is 11.8 Å². The molecule has 2 aromatic rings. The minimum atomic E-state index is -1.09. The van der Waals surface area contributed by atoms with Crippen molar-refractivity contribution in [2.24, 2.45) is 0 Å². The molecule has 104 valence electrons. The molecule has 0 saturated heterocycles. The summed E-state index contributed by atoms with van der Waals surface area (Å²) in [5, 5.41) is 12.0. The third-order valence-corrected chi connectivity index (χ3v) is 4.59. The molecule has 20 heavy (non-hydrogen) atoms. The van der Waals surface area contributed by atoms with Crippen LogP contribution in [0.15, 0.2) is 47.4 Å². The van der Waals surface area contributed by atoms with Gasteiger partial charge < -0.3 is 9.90 Å². The van der Waals surface area contributed by atoms with Crippen LogP contribution in [0.3, 0.4) is 0 Å². The Kier molecular flexibility index (Phi) is 5.35. The highest BCUT2D eigenvalue weighted by atomic mass is 35.5. The van der Waals surface area contributed by atoms with Crippen LogP contribution >= 0.6 is 35.0 Å². The van der Waals surface area contributed by atoms with Crippen LogP contribution in [0.5, 0.6) is 0 Å². The molecule has 0 aromatic heterocycles. The number of benzene rings is 2. The van der Waals surface area contributed by atoms with E-state index in [0.29, 0.717) is 15.8 Å². The summed E-state index contributed by atoms with van der Waals surface area (Å²) in [6.07, 6.45) is -0.0978. The first kappa shape index (κ1) is 15.2. The van der Waals surface area contributed by atoms with Crippen molar-refractivity contribution in [1.29, 1.82) is 0 Å². The van der Waals surface area contributed by atoms with Gasteiger partial charge in [-0.15, -0.1) is 11.8 Å². The fraction of sp³-hybridized carbons (Fsp3) is 0.133. The summed E-state index contributed by atoms with van der Waals surface area (Å²) in [7, 11) is 0. The molecule has 0 aliphatic rings. The molecule has 0 aliphatic heterocycles. The monoisotopic (exact) mass is 325 g/mol. The summed E-state index contributed by atoms with van der Waals surface area (Å²) >= 11 is 13.7. The van der Waals surface area contributed by atoms with Gasteiger partial charge in [-0.25, -0.2) is 0 Å². The third-order valence-electron chi connectivity index (χ3n) is 2.74. The van der Waals surface area contributed by atoms with Crippen LogP contribution in [0.4, 0.5) is 0 Å². The maximum Gasteiger partial charge on any atom is 0.0461 e. The second kappa shape index (κ2) is 7.02. The SMILES string of the molecule is O=C([O-])Cc1ccccc1SCc1c(Cl)cccc1Cl. The lowest BCUT2D eigenvalue weighted by Gasteiger charge is -2.11. The smallest absolute Gasteiger partial charge is 0.0461 e. The average molecular weight is 326 g/mol. The first-order valence-corrected chi connectivity index (χ1v) is 7.65. The van der Waals surface area contributed by atoms with Gasteiger partial charge in [-0.2, -0.15) is 0 Å². The minimum Gasteiger partial charge on any atom is -0.550 e. The first-order valence-electron chi connectivity index (χ1n) is 5.91. The molecule has 2 rings (SSSR count). The van der Waals surface area contributed by atoms with Crippen LogP contribution in [0.25, 0.3) is 0 Å². The van der Waals surface area contributed by atoms with E-state index in [2.05, 4.69) is 0 Å².